The second kappa shape index (κ2) is 8.68. The van der Waals surface area contributed by atoms with Gasteiger partial charge in [-0.15, -0.1) is 0 Å². The van der Waals surface area contributed by atoms with Crippen molar-refractivity contribution in [1.82, 2.24) is 0 Å². The largest absolute Gasteiger partial charge is 0.457 e. The van der Waals surface area contributed by atoms with Crippen LogP contribution in [0.4, 0.5) is 0 Å². The first-order chi connectivity index (χ1) is 7.19. The fourth-order valence-electron chi connectivity index (χ4n) is 1.47. The van der Waals surface area contributed by atoms with Gasteiger partial charge in [-0.1, -0.05) is 26.7 Å². The van der Waals surface area contributed by atoms with Crippen LogP contribution in [-0.2, 0) is 9.53 Å². The van der Waals surface area contributed by atoms with Gasteiger partial charge in [0.1, 0.15) is 6.10 Å². The van der Waals surface area contributed by atoms with Gasteiger partial charge < -0.3 is 14.9 Å². The zero-order valence-corrected chi connectivity index (χ0v) is 9.61. The number of esters is 1. The van der Waals surface area contributed by atoms with Crippen LogP contribution in [0.25, 0.3) is 0 Å². The van der Waals surface area contributed by atoms with Crippen molar-refractivity contribution in [2.24, 2.45) is 5.92 Å². The van der Waals surface area contributed by atoms with E-state index in [-0.39, 0.29) is 25.1 Å². The van der Waals surface area contributed by atoms with Crippen molar-refractivity contribution in [2.45, 2.75) is 45.6 Å². The van der Waals surface area contributed by atoms with Crippen molar-refractivity contribution in [1.29, 1.82) is 0 Å². The smallest absolute Gasteiger partial charge is 0.309 e. The molecule has 4 nitrogen and oxygen atoms in total. The van der Waals surface area contributed by atoms with Crippen LogP contribution in [0.1, 0.15) is 39.5 Å². The lowest BCUT2D eigenvalue weighted by Crippen LogP contribution is -2.29. The van der Waals surface area contributed by atoms with E-state index in [0.29, 0.717) is 0 Å². The van der Waals surface area contributed by atoms with Crippen LogP contribution in [0.3, 0.4) is 0 Å². The molecule has 0 saturated heterocycles. The summed E-state index contributed by atoms with van der Waals surface area (Å²) in [6.45, 7) is 3.39. The fraction of sp³-hybridized carbons (Fsp3) is 0.909. The average molecular weight is 218 g/mol. The summed E-state index contributed by atoms with van der Waals surface area (Å²) in [5, 5.41) is 17.6. The number of aliphatic hydroxyl groups is 2. The van der Waals surface area contributed by atoms with E-state index in [1.54, 1.807) is 0 Å². The normalized spacial score (nSPS) is 11.1. The van der Waals surface area contributed by atoms with Crippen molar-refractivity contribution < 1.29 is 19.7 Å². The molecule has 0 amide bonds. The molecule has 0 aromatic carbocycles. The summed E-state index contributed by atoms with van der Waals surface area (Å²) >= 11 is 0. The molecule has 15 heavy (non-hydrogen) atoms. The Morgan fingerprint density at radius 2 is 1.60 bits per heavy atom. The highest BCUT2D eigenvalue weighted by atomic mass is 16.6. The lowest BCUT2D eigenvalue weighted by Gasteiger charge is -2.18. The van der Waals surface area contributed by atoms with E-state index in [9.17, 15) is 4.79 Å². The lowest BCUT2D eigenvalue weighted by molar-refractivity contribution is -0.159. The molecule has 0 heterocycles. The standard InChI is InChI=1S/C11H22O4/c1-3-5-9(6-4-2)11(14)15-10(7-12)8-13/h9-10,12-13H,3-8H2,1-2H3. The monoisotopic (exact) mass is 218 g/mol. The molecule has 0 rings (SSSR count). The van der Waals surface area contributed by atoms with Crippen molar-refractivity contribution in [3.63, 3.8) is 0 Å². The number of ether oxygens (including phenoxy) is 1. The zero-order chi connectivity index (χ0) is 11.7. The van der Waals surface area contributed by atoms with Gasteiger partial charge in [-0.25, -0.2) is 0 Å². The van der Waals surface area contributed by atoms with Gasteiger partial charge in [-0.2, -0.15) is 0 Å². The maximum atomic E-state index is 11.6. The van der Waals surface area contributed by atoms with Gasteiger partial charge in [0.15, 0.2) is 0 Å². The third kappa shape index (κ3) is 5.74. The highest BCUT2D eigenvalue weighted by Crippen LogP contribution is 2.16. The summed E-state index contributed by atoms with van der Waals surface area (Å²) in [7, 11) is 0. The average Bonchev–Trinajstić information content (AvgIpc) is 2.25. The summed E-state index contributed by atoms with van der Waals surface area (Å²) in [6.07, 6.45) is 2.70. The van der Waals surface area contributed by atoms with Crippen LogP contribution < -0.4 is 0 Å². The first-order valence-corrected chi connectivity index (χ1v) is 5.61. The number of aliphatic hydroxyl groups excluding tert-OH is 2. The van der Waals surface area contributed by atoms with E-state index in [1.807, 2.05) is 13.8 Å². The Morgan fingerprint density at radius 3 is 1.93 bits per heavy atom. The van der Waals surface area contributed by atoms with Crippen LogP contribution in [0.5, 0.6) is 0 Å². The molecule has 0 aliphatic carbocycles. The number of hydrogen-bond donors (Lipinski definition) is 2. The van der Waals surface area contributed by atoms with E-state index in [4.69, 9.17) is 14.9 Å². The van der Waals surface area contributed by atoms with Gasteiger partial charge in [-0.05, 0) is 12.8 Å². The summed E-state index contributed by atoms with van der Waals surface area (Å²) in [5.41, 5.74) is 0. The maximum absolute atomic E-state index is 11.6. The maximum Gasteiger partial charge on any atom is 0.309 e. The molecule has 0 unspecified atom stereocenters. The first kappa shape index (κ1) is 14.4. The van der Waals surface area contributed by atoms with Crippen molar-refractivity contribution >= 4 is 5.97 Å². The van der Waals surface area contributed by atoms with Crippen LogP contribution >= 0.6 is 0 Å². The Balaban J connectivity index is 4.10. The molecule has 0 saturated carbocycles. The molecule has 0 radical (unpaired) electrons. The third-order valence-corrected chi connectivity index (χ3v) is 2.30. The molecule has 4 heteroatoms. The molecular formula is C11H22O4. The Hall–Kier alpha value is -0.610. The number of carbonyl (C=O) groups is 1. The predicted molar refractivity (Wildman–Crippen MR) is 57.4 cm³/mol. The van der Waals surface area contributed by atoms with E-state index < -0.39 is 6.10 Å². The van der Waals surface area contributed by atoms with Crippen molar-refractivity contribution in [2.75, 3.05) is 13.2 Å². The van der Waals surface area contributed by atoms with E-state index in [2.05, 4.69) is 0 Å². The Labute approximate surface area is 91.3 Å². The second-order valence-electron chi connectivity index (χ2n) is 3.70. The van der Waals surface area contributed by atoms with Crippen molar-refractivity contribution in [3.8, 4) is 0 Å². The van der Waals surface area contributed by atoms with Crippen LogP contribution in [0, 0.1) is 5.92 Å². The molecule has 90 valence electrons. The molecule has 0 bridgehead atoms. The lowest BCUT2D eigenvalue weighted by atomic mass is 9.98. The van der Waals surface area contributed by atoms with Gasteiger partial charge in [0.05, 0.1) is 19.1 Å². The van der Waals surface area contributed by atoms with E-state index in [1.165, 1.54) is 0 Å². The van der Waals surface area contributed by atoms with Gasteiger partial charge in [-0.3, -0.25) is 4.79 Å². The van der Waals surface area contributed by atoms with E-state index in [0.717, 1.165) is 25.7 Å². The molecule has 0 spiro atoms. The van der Waals surface area contributed by atoms with Crippen molar-refractivity contribution in [3.05, 3.63) is 0 Å². The molecule has 0 aliphatic rings. The number of hydrogen-bond acceptors (Lipinski definition) is 4. The zero-order valence-electron chi connectivity index (χ0n) is 9.61. The number of rotatable bonds is 8. The minimum absolute atomic E-state index is 0.0967. The molecule has 0 aliphatic heterocycles. The predicted octanol–water partition coefficient (Wildman–Crippen LogP) is 1.10. The third-order valence-electron chi connectivity index (χ3n) is 2.30. The number of carbonyl (C=O) groups excluding carboxylic acids is 1. The van der Waals surface area contributed by atoms with Crippen LogP contribution in [-0.4, -0.2) is 35.5 Å². The highest BCUT2D eigenvalue weighted by Gasteiger charge is 2.21. The summed E-state index contributed by atoms with van der Waals surface area (Å²) in [6, 6.07) is 0. The minimum atomic E-state index is -0.770. The molecule has 0 aromatic rings. The highest BCUT2D eigenvalue weighted by molar-refractivity contribution is 5.72. The Morgan fingerprint density at radius 1 is 1.13 bits per heavy atom. The van der Waals surface area contributed by atoms with Crippen LogP contribution in [0.2, 0.25) is 0 Å². The van der Waals surface area contributed by atoms with Gasteiger partial charge in [0.2, 0.25) is 0 Å². The Bertz CT molecular complexity index is 160. The summed E-state index contributed by atoms with van der Waals surface area (Å²) in [5.74, 6) is -0.396. The van der Waals surface area contributed by atoms with Gasteiger partial charge in [0, 0.05) is 0 Å². The summed E-state index contributed by atoms with van der Waals surface area (Å²) < 4.78 is 4.98. The fourth-order valence-corrected chi connectivity index (χ4v) is 1.47. The first-order valence-electron chi connectivity index (χ1n) is 5.61. The molecule has 2 N–H and O–H groups in total. The molecule has 0 atom stereocenters. The van der Waals surface area contributed by atoms with E-state index >= 15 is 0 Å². The van der Waals surface area contributed by atoms with Gasteiger partial charge >= 0.3 is 5.97 Å². The topological polar surface area (TPSA) is 66.8 Å². The summed E-state index contributed by atoms with van der Waals surface area (Å²) in [4.78, 5) is 11.6. The molecule has 0 fully saturated rings. The quantitative estimate of drug-likeness (QED) is 0.599. The molecule has 0 aromatic heterocycles. The molecular weight excluding hydrogens is 196 g/mol. The minimum Gasteiger partial charge on any atom is -0.457 e. The SMILES string of the molecule is CCCC(CCC)C(=O)OC(CO)CO. The van der Waals surface area contributed by atoms with Crippen LogP contribution in [0.15, 0.2) is 0 Å². The van der Waals surface area contributed by atoms with Gasteiger partial charge in [0.25, 0.3) is 0 Å². The second-order valence-corrected chi connectivity index (χ2v) is 3.70. The Kier molecular flexibility index (Phi) is 8.33.